The molecule has 1 nitrogen and oxygen atoms in total. The van der Waals surface area contributed by atoms with Crippen molar-refractivity contribution in [3.63, 3.8) is 0 Å². The van der Waals surface area contributed by atoms with Gasteiger partial charge in [-0.2, -0.15) is 0 Å². The summed E-state index contributed by atoms with van der Waals surface area (Å²) in [6.45, 7) is 0. The van der Waals surface area contributed by atoms with Gasteiger partial charge in [-0.15, -0.1) is 0 Å². The number of benzene rings is 2. The molecule has 3 heteroatoms. The molecule has 0 radical (unpaired) electrons. The minimum atomic E-state index is -0.563. The fraction of sp³-hybridized carbons (Fsp3) is 0.294. The van der Waals surface area contributed by atoms with E-state index in [1.165, 1.54) is 23.3 Å². The van der Waals surface area contributed by atoms with Crippen LogP contribution in [0.2, 0.25) is 0 Å². The molecule has 0 heterocycles. The number of hydrogen-bond acceptors (Lipinski definition) is 1. The predicted octanol–water partition coefficient (Wildman–Crippen LogP) is 3.77. The lowest BCUT2D eigenvalue weighted by atomic mass is 9.78. The van der Waals surface area contributed by atoms with Gasteiger partial charge in [0.1, 0.15) is 11.6 Å². The second kappa shape index (κ2) is 5.33. The molecular weight excluding hydrogens is 256 g/mol. The molecular formula is C17H17F2N. The Morgan fingerprint density at radius 3 is 2.35 bits per heavy atom. The molecule has 2 aromatic carbocycles. The number of fused-ring (bicyclic) bond motifs is 1. The Morgan fingerprint density at radius 1 is 1.00 bits per heavy atom. The van der Waals surface area contributed by atoms with Crippen molar-refractivity contribution in [2.24, 2.45) is 11.7 Å². The minimum absolute atomic E-state index is 0.228. The van der Waals surface area contributed by atoms with Gasteiger partial charge in [-0.05, 0) is 54.0 Å². The van der Waals surface area contributed by atoms with E-state index in [0.717, 1.165) is 25.3 Å². The Balaban J connectivity index is 1.83. The lowest BCUT2D eigenvalue weighted by Crippen LogP contribution is -2.27. The third-order valence-electron chi connectivity index (χ3n) is 4.16. The summed E-state index contributed by atoms with van der Waals surface area (Å²) in [6.07, 6.45) is 2.80. The van der Waals surface area contributed by atoms with E-state index in [4.69, 9.17) is 5.73 Å². The van der Waals surface area contributed by atoms with Gasteiger partial charge in [0, 0.05) is 12.1 Å². The molecule has 104 valence electrons. The van der Waals surface area contributed by atoms with Crippen molar-refractivity contribution in [2.75, 3.05) is 0 Å². The largest absolute Gasteiger partial charge is 0.324 e. The average Bonchev–Trinajstić information content (AvgIpc) is 2.45. The van der Waals surface area contributed by atoms with Crippen LogP contribution in [0.1, 0.15) is 29.2 Å². The summed E-state index contributed by atoms with van der Waals surface area (Å²) < 4.78 is 26.6. The Morgan fingerprint density at radius 2 is 1.65 bits per heavy atom. The minimum Gasteiger partial charge on any atom is -0.324 e. The van der Waals surface area contributed by atoms with Crippen molar-refractivity contribution in [2.45, 2.75) is 25.3 Å². The van der Waals surface area contributed by atoms with Crippen molar-refractivity contribution in [3.05, 3.63) is 70.8 Å². The zero-order valence-corrected chi connectivity index (χ0v) is 11.2. The normalized spacial score (nSPS) is 19.4. The van der Waals surface area contributed by atoms with E-state index >= 15 is 0 Å². The smallest absolute Gasteiger partial charge is 0.126 e. The van der Waals surface area contributed by atoms with Crippen molar-refractivity contribution >= 4 is 0 Å². The first-order chi connectivity index (χ1) is 9.63. The van der Waals surface area contributed by atoms with Crippen LogP contribution in [0.5, 0.6) is 0 Å². The molecule has 1 aliphatic carbocycles. The van der Waals surface area contributed by atoms with Crippen molar-refractivity contribution in [3.8, 4) is 0 Å². The van der Waals surface area contributed by atoms with E-state index in [2.05, 4.69) is 12.1 Å². The molecule has 2 unspecified atom stereocenters. The highest BCUT2D eigenvalue weighted by Gasteiger charge is 2.25. The zero-order valence-electron chi connectivity index (χ0n) is 11.2. The van der Waals surface area contributed by atoms with Gasteiger partial charge in [-0.3, -0.25) is 0 Å². The molecule has 0 saturated carbocycles. The first-order valence-corrected chi connectivity index (χ1v) is 6.92. The van der Waals surface area contributed by atoms with Crippen molar-refractivity contribution in [1.82, 2.24) is 0 Å². The van der Waals surface area contributed by atoms with Crippen LogP contribution >= 0.6 is 0 Å². The van der Waals surface area contributed by atoms with Gasteiger partial charge in [-0.1, -0.05) is 24.3 Å². The topological polar surface area (TPSA) is 26.0 Å². The number of nitrogens with two attached hydrogens (primary N) is 1. The van der Waals surface area contributed by atoms with Crippen LogP contribution in [-0.4, -0.2) is 0 Å². The standard InChI is InChI=1S/C17H17F2N/c18-15-8-14(9-16(19)10-15)17(20)13-6-5-11-3-1-2-4-12(11)7-13/h1-4,8-10,13,17H,5-7,20H2. The van der Waals surface area contributed by atoms with Crippen LogP contribution in [0.25, 0.3) is 0 Å². The number of halogens is 2. The predicted molar refractivity (Wildman–Crippen MR) is 75.2 cm³/mol. The average molecular weight is 273 g/mol. The second-order valence-electron chi connectivity index (χ2n) is 5.50. The maximum Gasteiger partial charge on any atom is 0.126 e. The summed E-state index contributed by atoms with van der Waals surface area (Å²) in [6, 6.07) is 11.6. The van der Waals surface area contributed by atoms with Gasteiger partial charge in [-0.25, -0.2) is 8.78 Å². The highest BCUT2D eigenvalue weighted by molar-refractivity contribution is 5.31. The summed E-state index contributed by atoms with van der Waals surface area (Å²) in [5.41, 5.74) is 9.44. The molecule has 0 spiro atoms. The summed E-state index contributed by atoms with van der Waals surface area (Å²) in [7, 11) is 0. The molecule has 0 saturated heterocycles. The molecule has 0 aliphatic heterocycles. The molecule has 0 aromatic heterocycles. The summed E-state index contributed by atoms with van der Waals surface area (Å²) in [5, 5.41) is 0. The van der Waals surface area contributed by atoms with Gasteiger partial charge in [0.25, 0.3) is 0 Å². The Hall–Kier alpha value is -1.74. The molecule has 0 amide bonds. The van der Waals surface area contributed by atoms with Gasteiger partial charge in [0.2, 0.25) is 0 Å². The Labute approximate surface area is 117 Å². The first-order valence-electron chi connectivity index (χ1n) is 6.92. The van der Waals surface area contributed by atoms with E-state index in [1.807, 2.05) is 12.1 Å². The van der Waals surface area contributed by atoms with Crippen LogP contribution in [-0.2, 0) is 12.8 Å². The van der Waals surface area contributed by atoms with Gasteiger partial charge in [0.15, 0.2) is 0 Å². The lowest BCUT2D eigenvalue weighted by molar-refractivity contribution is 0.380. The maximum atomic E-state index is 13.3. The maximum absolute atomic E-state index is 13.3. The molecule has 20 heavy (non-hydrogen) atoms. The highest BCUT2D eigenvalue weighted by Crippen LogP contribution is 2.33. The van der Waals surface area contributed by atoms with E-state index in [0.29, 0.717) is 5.56 Å². The van der Waals surface area contributed by atoms with Gasteiger partial charge in [0.05, 0.1) is 0 Å². The number of rotatable bonds is 2. The fourth-order valence-corrected chi connectivity index (χ4v) is 3.07. The van der Waals surface area contributed by atoms with Gasteiger partial charge >= 0.3 is 0 Å². The number of aryl methyl sites for hydroxylation is 1. The van der Waals surface area contributed by atoms with Crippen LogP contribution in [0.3, 0.4) is 0 Å². The number of hydrogen-bond donors (Lipinski definition) is 1. The van der Waals surface area contributed by atoms with Crippen molar-refractivity contribution in [1.29, 1.82) is 0 Å². The van der Waals surface area contributed by atoms with E-state index < -0.39 is 11.6 Å². The van der Waals surface area contributed by atoms with E-state index in [9.17, 15) is 8.78 Å². The molecule has 2 atom stereocenters. The quantitative estimate of drug-likeness (QED) is 0.885. The molecule has 1 aliphatic rings. The summed E-state index contributed by atoms with van der Waals surface area (Å²) in [5.74, 6) is -0.899. The van der Waals surface area contributed by atoms with Crippen LogP contribution in [0, 0.1) is 17.6 Å². The third-order valence-corrected chi connectivity index (χ3v) is 4.16. The fourth-order valence-electron chi connectivity index (χ4n) is 3.07. The monoisotopic (exact) mass is 273 g/mol. The molecule has 0 bridgehead atoms. The SMILES string of the molecule is NC(c1cc(F)cc(F)c1)C1CCc2ccccc2C1. The lowest BCUT2D eigenvalue weighted by Gasteiger charge is -2.29. The molecule has 2 N–H and O–H groups in total. The zero-order chi connectivity index (χ0) is 14.1. The summed E-state index contributed by atoms with van der Waals surface area (Å²) >= 11 is 0. The van der Waals surface area contributed by atoms with E-state index in [-0.39, 0.29) is 12.0 Å². The third kappa shape index (κ3) is 2.59. The van der Waals surface area contributed by atoms with E-state index in [1.54, 1.807) is 0 Å². The van der Waals surface area contributed by atoms with Crippen LogP contribution in [0.4, 0.5) is 8.78 Å². The Bertz CT molecular complexity index is 604. The van der Waals surface area contributed by atoms with Crippen LogP contribution < -0.4 is 5.73 Å². The molecule has 3 rings (SSSR count). The Kier molecular flexibility index (Phi) is 3.53. The first kappa shape index (κ1) is 13.3. The van der Waals surface area contributed by atoms with Crippen LogP contribution in [0.15, 0.2) is 42.5 Å². The van der Waals surface area contributed by atoms with Gasteiger partial charge < -0.3 is 5.73 Å². The summed E-state index contributed by atoms with van der Waals surface area (Å²) in [4.78, 5) is 0. The molecule has 2 aromatic rings. The highest BCUT2D eigenvalue weighted by atomic mass is 19.1. The second-order valence-corrected chi connectivity index (χ2v) is 5.50. The molecule has 0 fully saturated rings. The van der Waals surface area contributed by atoms with Crippen molar-refractivity contribution < 1.29 is 8.78 Å².